The Hall–Kier alpha value is -2.62. The highest BCUT2D eigenvalue weighted by atomic mass is 32.2. The predicted molar refractivity (Wildman–Crippen MR) is 263 cm³/mol. The molecule has 4 N–H and O–H groups in total. The minimum Gasteiger partial charge on any atom is -0.282 e. The molecule has 360 valence electrons. The van der Waals surface area contributed by atoms with Crippen LogP contribution in [0.15, 0.2) is 117 Å². The topological polar surface area (TPSA) is 217 Å². The summed E-state index contributed by atoms with van der Waals surface area (Å²) in [7, 11) is -17.8. The number of hydrogen-bond acceptors (Lipinski definition) is 8. The van der Waals surface area contributed by atoms with Crippen molar-refractivity contribution >= 4 is 56.3 Å². The fourth-order valence-corrected chi connectivity index (χ4v) is 16.8. The lowest BCUT2D eigenvalue weighted by atomic mass is 10.1. The van der Waals surface area contributed by atoms with Gasteiger partial charge in [-0.3, -0.25) is 18.2 Å². The van der Waals surface area contributed by atoms with Crippen molar-refractivity contribution < 1.29 is 51.9 Å². The first-order valence-electron chi connectivity index (χ1n) is 22.5. The van der Waals surface area contributed by atoms with E-state index in [1.165, 1.54) is 24.3 Å². The fourth-order valence-electron chi connectivity index (χ4n) is 8.35. The molecule has 65 heavy (non-hydrogen) atoms. The van der Waals surface area contributed by atoms with Crippen molar-refractivity contribution in [3.8, 4) is 0 Å². The molecule has 0 aliphatic rings. The van der Waals surface area contributed by atoms with Crippen molar-refractivity contribution in [1.82, 2.24) is 0 Å². The van der Waals surface area contributed by atoms with Crippen molar-refractivity contribution in [3.63, 3.8) is 0 Å². The van der Waals surface area contributed by atoms with Crippen LogP contribution in [0, 0.1) is 0 Å². The number of hydrogen-bond donors (Lipinski definition) is 4. The van der Waals surface area contributed by atoms with Crippen LogP contribution >= 0.6 is 15.8 Å². The molecule has 0 saturated heterocycles. The Morgan fingerprint density at radius 2 is 0.477 bits per heavy atom. The monoisotopic (exact) mass is 1010 g/mol. The minimum atomic E-state index is -4.30. The second-order valence-electron chi connectivity index (χ2n) is 16.6. The number of unbranched alkanes of at least 4 members (excludes halogenated alkanes) is 8. The highest BCUT2D eigenvalue weighted by Crippen LogP contribution is 2.44. The molecule has 18 heteroatoms. The van der Waals surface area contributed by atoms with Crippen LogP contribution in [0.5, 0.6) is 0 Å². The molecule has 0 atom stereocenters. The molecule has 0 aromatic heterocycles. The van der Waals surface area contributed by atoms with Gasteiger partial charge in [-0.15, -0.1) is 15.8 Å². The molecule has 0 unspecified atom stereocenters. The van der Waals surface area contributed by atoms with Crippen LogP contribution in [0.2, 0.25) is 0 Å². The van der Waals surface area contributed by atoms with E-state index in [4.69, 9.17) is 0 Å². The molecule has 4 aromatic rings. The van der Waals surface area contributed by atoms with Crippen LogP contribution in [-0.4, -0.2) is 88.9 Å². The van der Waals surface area contributed by atoms with E-state index in [9.17, 15) is 51.9 Å². The van der Waals surface area contributed by atoms with Crippen LogP contribution in [0.25, 0.3) is 0 Å². The average Bonchev–Trinajstić information content (AvgIpc) is 3.24. The van der Waals surface area contributed by atoms with Crippen molar-refractivity contribution in [2.45, 2.75) is 129 Å². The second-order valence-corrected chi connectivity index (χ2v) is 27.5. The van der Waals surface area contributed by atoms with Gasteiger partial charge in [-0.05, 0) is 167 Å². The third-order valence-electron chi connectivity index (χ3n) is 11.6. The number of rotatable bonds is 32. The van der Waals surface area contributed by atoms with E-state index < -0.39 is 40.5 Å². The van der Waals surface area contributed by atoms with Crippen molar-refractivity contribution in [2.75, 3.05) is 37.0 Å². The van der Waals surface area contributed by atoms with Gasteiger partial charge in [0.15, 0.2) is 0 Å². The summed E-state index contributed by atoms with van der Waals surface area (Å²) < 4.78 is 134. The minimum absolute atomic E-state index is 0.0390. The standard InChI is InChI=1S/C47H66O12P2S4/c48-62(49,50)44-30-13-9-26-40(44)22-5-1-17-34-60(35-18-2-6-23-41-27-10-14-31-45(41)63(51,52)53)38-21-39-61(36-19-3-7-24-42-28-11-15-32-46(42)64(54,55)56)37-20-4-8-25-43-29-12-16-33-47(43)65(57,58)59/h9-16,26-33H,1-8,17-25,34-39H2,(H,48,49,50)(H,51,52,53)(H,54,55,56)(H,57,58,59). The zero-order valence-electron chi connectivity index (χ0n) is 37.1. The van der Waals surface area contributed by atoms with Gasteiger partial charge in [0.1, 0.15) is 0 Å². The summed E-state index contributed by atoms with van der Waals surface area (Å²) in [5, 5.41) is 0. The van der Waals surface area contributed by atoms with E-state index in [0.29, 0.717) is 47.9 Å². The van der Waals surface area contributed by atoms with Crippen molar-refractivity contribution in [3.05, 3.63) is 119 Å². The Morgan fingerprint density at radius 1 is 0.277 bits per heavy atom. The smallest absolute Gasteiger partial charge is 0.282 e. The maximum Gasteiger partial charge on any atom is 0.294 e. The largest absolute Gasteiger partial charge is 0.294 e. The van der Waals surface area contributed by atoms with Gasteiger partial charge < -0.3 is 0 Å². The lowest BCUT2D eigenvalue weighted by molar-refractivity contribution is 0.479. The predicted octanol–water partition coefficient (Wildman–Crippen LogP) is 11.0. The lowest BCUT2D eigenvalue weighted by Crippen LogP contribution is -2.04. The molecule has 0 amide bonds. The molecule has 0 fully saturated rings. The van der Waals surface area contributed by atoms with E-state index in [0.717, 1.165) is 120 Å². The fraction of sp³-hybridized carbons (Fsp3) is 0.489. The van der Waals surface area contributed by atoms with E-state index in [-0.39, 0.29) is 35.4 Å². The van der Waals surface area contributed by atoms with Crippen LogP contribution < -0.4 is 0 Å². The second kappa shape index (κ2) is 27.4. The first kappa shape index (κ1) is 55.0. The van der Waals surface area contributed by atoms with Gasteiger partial charge in [0.25, 0.3) is 40.5 Å². The Balaban J connectivity index is 1.34. The van der Waals surface area contributed by atoms with Gasteiger partial charge in [0.2, 0.25) is 0 Å². The molecule has 0 saturated carbocycles. The molecule has 0 aliphatic carbocycles. The summed E-state index contributed by atoms with van der Waals surface area (Å²) in [5.74, 6) is 0. The van der Waals surface area contributed by atoms with Crippen LogP contribution in [0.1, 0.15) is 106 Å². The van der Waals surface area contributed by atoms with Gasteiger partial charge in [0.05, 0.1) is 19.6 Å². The summed E-state index contributed by atoms with van der Waals surface area (Å²) in [6, 6.07) is 26.2. The van der Waals surface area contributed by atoms with Crippen molar-refractivity contribution in [1.29, 1.82) is 0 Å². The van der Waals surface area contributed by atoms with E-state index in [2.05, 4.69) is 0 Å². The van der Waals surface area contributed by atoms with Crippen LogP contribution in [0.3, 0.4) is 0 Å². The lowest BCUT2D eigenvalue weighted by Gasteiger charge is -2.22. The number of aryl methyl sites for hydroxylation is 4. The highest BCUT2D eigenvalue weighted by Gasteiger charge is 2.19. The molecule has 4 aromatic carbocycles. The molecule has 12 nitrogen and oxygen atoms in total. The molecule has 0 bridgehead atoms. The summed E-state index contributed by atoms with van der Waals surface area (Å²) >= 11 is 0. The third-order valence-corrected chi connectivity index (χ3v) is 21.1. The quantitative estimate of drug-likeness (QED) is 0.0204. The summed E-state index contributed by atoms with van der Waals surface area (Å²) in [4.78, 5) is -0.156. The van der Waals surface area contributed by atoms with E-state index in [1.807, 2.05) is 0 Å². The van der Waals surface area contributed by atoms with Gasteiger partial charge in [0, 0.05) is 0 Å². The zero-order valence-corrected chi connectivity index (χ0v) is 42.1. The van der Waals surface area contributed by atoms with E-state index >= 15 is 0 Å². The van der Waals surface area contributed by atoms with Gasteiger partial charge in [-0.2, -0.15) is 33.7 Å². The molecule has 0 radical (unpaired) electrons. The number of benzene rings is 4. The first-order valence-corrected chi connectivity index (χ1v) is 32.1. The van der Waals surface area contributed by atoms with Gasteiger partial charge >= 0.3 is 0 Å². The summed E-state index contributed by atoms with van der Waals surface area (Å²) in [5.41, 5.74) is 2.47. The normalized spacial score (nSPS) is 12.6. The van der Waals surface area contributed by atoms with Crippen molar-refractivity contribution in [2.24, 2.45) is 0 Å². The summed E-state index contributed by atoms with van der Waals surface area (Å²) in [6.07, 6.45) is 20.9. The van der Waals surface area contributed by atoms with Crippen LogP contribution in [0.4, 0.5) is 0 Å². The SMILES string of the molecule is O=S(=O)(O)c1ccccc1CCCCCP(CCCCCc1ccccc1S(=O)(=O)O)CCCP(CCCCCc1ccccc1S(=O)(=O)O)CCCCCc1ccccc1S(=O)(=O)O. The van der Waals surface area contributed by atoms with Crippen LogP contribution in [-0.2, 0) is 66.2 Å². The molecular weight excluding hydrogens is 947 g/mol. The molecular formula is C47H66O12P2S4. The summed E-state index contributed by atoms with van der Waals surface area (Å²) in [6.45, 7) is 0. The molecule has 0 spiro atoms. The van der Waals surface area contributed by atoms with E-state index in [1.54, 1.807) is 72.8 Å². The molecule has 4 rings (SSSR count). The maximum atomic E-state index is 11.9. The zero-order chi connectivity index (χ0) is 47.4. The van der Waals surface area contributed by atoms with Gasteiger partial charge in [-0.1, -0.05) is 98.5 Å². The third kappa shape index (κ3) is 20.3. The molecule has 0 aliphatic heterocycles. The Morgan fingerprint density at radius 3 is 0.692 bits per heavy atom. The highest BCUT2D eigenvalue weighted by molar-refractivity contribution is 7.86. The average molecular weight is 1010 g/mol. The molecule has 0 heterocycles. The Kier molecular flexibility index (Phi) is 23.2. The Labute approximate surface area is 391 Å². The Bertz CT molecular complexity index is 2190. The van der Waals surface area contributed by atoms with Gasteiger partial charge in [-0.25, -0.2) is 0 Å². The first-order chi connectivity index (χ1) is 30.8. The maximum absolute atomic E-state index is 11.9.